The first-order chi connectivity index (χ1) is 14.5. The molecule has 160 valence electrons. The molecule has 30 heavy (non-hydrogen) atoms. The molecular formula is C24H30ClN3O2. The summed E-state index contributed by atoms with van der Waals surface area (Å²) in [5.41, 5.74) is 5.27. The molecular weight excluding hydrogens is 398 g/mol. The van der Waals surface area contributed by atoms with Gasteiger partial charge in [-0.2, -0.15) is 0 Å². The van der Waals surface area contributed by atoms with Crippen LogP contribution in [0, 0.1) is 13.8 Å². The van der Waals surface area contributed by atoms with E-state index >= 15 is 0 Å². The van der Waals surface area contributed by atoms with E-state index in [2.05, 4.69) is 42.8 Å². The second kappa shape index (κ2) is 10.1. The van der Waals surface area contributed by atoms with Crippen LogP contribution in [0.5, 0.6) is 0 Å². The van der Waals surface area contributed by atoms with Crippen LogP contribution < -0.4 is 5.32 Å². The third-order valence-corrected chi connectivity index (χ3v) is 5.83. The summed E-state index contributed by atoms with van der Waals surface area (Å²) in [6, 6.07) is 11.7. The van der Waals surface area contributed by atoms with Crippen molar-refractivity contribution in [2.75, 3.05) is 20.3 Å². The van der Waals surface area contributed by atoms with Gasteiger partial charge in [0.05, 0.1) is 17.6 Å². The van der Waals surface area contributed by atoms with E-state index in [9.17, 15) is 4.79 Å². The molecule has 0 spiro atoms. The predicted octanol–water partition coefficient (Wildman–Crippen LogP) is 5.00. The van der Waals surface area contributed by atoms with Crippen LogP contribution in [0.3, 0.4) is 0 Å². The fourth-order valence-electron chi connectivity index (χ4n) is 3.73. The van der Waals surface area contributed by atoms with Gasteiger partial charge in [-0.3, -0.25) is 4.79 Å². The number of halogens is 1. The van der Waals surface area contributed by atoms with Crippen LogP contribution in [0.4, 0.5) is 0 Å². The number of hydrogen-bond donors (Lipinski definition) is 1. The number of carbonyl (C=O) groups excluding carboxylic acids is 1. The van der Waals surface area contributed by atoms with Crippen molar-refractivity contribution in [3.05, 3.63) is 63.9 Å². The summed E-state index contributed by atoms with van der Waals surface area (Å²) < 4.78 is 7.20. The molecule has 0 aliphatic carbocycles. The van der Waals surface area contributed by atoms with Crippen molar-refractivity contribution in [1.29, 1.82) is 0 Å². The maximum Gasteiger partial charge on any atom is 0.243 e. The maximum absolute atomic E-state index is 13.1. The van der Waals surface area contributed by atoms with E-state index in [1.54, 1.807) is 7.11 Å². The lowest BCUT2D eigenvalue weighted by atomic mass is 10.1. The number of aryl methyl sites for hydroxylation is 2. The lowest BCUT2D eigenvalue weighted by Gasteiger charge is -2.21. The van der Waals surface area contributed by atoms with Gasteiger partial charge in [0.2, 0.25) is 5.91 Å². The van der Waals surface area contributed by atoms with E-state index in [1.807, 2.05) is 24.3 Å². The van der Waals surface area contributed by atoms with Gasteiger partial charge in [-0.15, -0.1) is 0 Å². The highest BCUT2D eigenvalue weighted by molar-refractivity contribution is 6.31. The number of ether oxygens (including phenoxy) is 1. The number of rotatable bonds is 9. The minimum absolute atomic E-state index is 0.00756. The van der Waals surface area contributed by atoms with Crippen LogP contribution in [0.25, 0.3) is 11.0 Å². The molecule has 0 aliphatic rings. The van der Waals surface area contributed by atoms with Gasteiger partial charge in [-0.1, -0.05) is 43.1 Å². The molecule has 0 fully saturated rings. The molecule has 0 bridgehead atoms. The van der Waals surface area contributed by atoms with E-state index in [1.165, 1.54) is 11.1 Å². The minimum Gasteiger partial charge on any atom is -0.383 e. The van der Waals surface area contributed by atoms with Gasteiger partial charge in [0.1, 0.15) is 11.9 Å². The zero-order valence-electron chi connectivity index (χ0n) is 18.2. The van der Waals surface area contributed by atoms with E-state index < -0.39 is 0 Å². The molecule has 2 aromatic carbocycles. The molecule has 0 saturated carbocycles. The Bertz CT molecular complexity index is 1030. The summed E-state index contributed by atoms with van der Waals surface area (Å²) in [5, 5.41) is 3.72. The third kappa shape index (κ3) is 4.85. The van der Waals surface area contributed by atoms with Crippen molar-refractivity contribution in [2.45, 2.75) is 46.1 Å². The summed E-state index contributed by atoms with van der Waals surface area (Å²) in [5.74, 6) is 0.843. The number of hydrogen-bond acceptors (Lipinski definition) is 3. The largest absolute Gasteiger partial charge is 0.383 e. The summed E-state index contributed by atoms with van der Waals surface area (Å²) in [7, 11) is 1.63. The van der Waals surface area contributed by atoms with Gasteiger partial charge in [0, 0.05) is 25.1 Å². The average molecular weight is 428 g/mol. The summed E-state index contributed by atoms with van der Waals surface area (Å²) in [4.78, 5) is 18.1. The van der Waals surface area contributed by atoms with E-state index in [0.717, 1.165) is 35.3 Å². The highest BCUT2D eigenvalue weighted by Crippen LogP contribution is 2.29. The molecule has 1 unspecified atom stereocenters. The Kier molecular flexibility index (Phi) is 7.51. The first-order valence-electron chi connectivity index (χ1n) is 10.4. The molecule has 0 saturated heterocycles. The first kappa shape index (κ1) is 22.3. The van der Waals surface area contributed by atoms with Crippen LogP contribution in [-0.4, -0.2) is 35.7 Å². The second-order valence-corrected chi connectivity index (χ2v) is 8.09. The first-order valence-corrected chi connectivity index (χ1v) is 10.8. The lowest BCUT2D eigenvalue weighted by molar-refractivity contribution is -0.124. The Balaban J connectivity index is 2.11. The second-order valence-electron chi connectivity index (χ2n) is 7.68. The monoisotopic (exact) mass is 427 g/mol. The van der Waals surface area contributed by atoms with Gasteiger partial charge in [0.15, 0.2) is 0 Å². The Labute approximate surface area is 183 Å². The number of amides is 1. The van der Waals surface area contributed by atoms with Crippen molar-refractivity contribution >= 4 is 28.5 Å². The molecule has 0 aliphatic heterocycles. The molecule has 3 aromatic rings. The van der Waals surface area contributed by atoms with E-state index in [0.29, 0.717) is 24.6 Å². The highest BCUT2D eigenvalue weighted by atomic mass is 35.5. The molecule has 0 radical (unpaired) electrons. The molecule has 1 aromatic heterocycles. The summed E-state index contributed by atoms with van der Waals surface area (Å²) in [6.45, 7) is 7.24. The van der Waals surface area contributed by atoms with Gasteiger partial charge in [0.25, 0.3) is 0 Å². The van der Waals surface area contributed by atoms with Crippen LogP contribution in [0.15, 0.2) is 36.4 Å². The number of methoxy groups -OCH3 is 1. The quantitative estimate of drug-likeness (QED) is 0.489. The van der Waals surface area contributed by atoms with Crippen molar-refractivity contribution in [2.24, 2.45) is 0 Å². The molecule has 1 heterocycles. The molecule has 1 atom stereocenters. The summed E-state index contributed by atoms with van der Waals surface area (Å²) in [6.07, 6.45) is 2.18. The topological polar surface area (TPSA) is 56.1 Å². The van der Waals surface area contributed by atoms with Gasteiger partial charge >= 0.3 is 0 Å². The van der Waals surface area contributed by atoms with Gasteiger partial charge < -0.3 is 14.6 Å². The maximum atomic E-state index is 13.1. The van der Waals surface area contributed by atoms with Gasteiger partial charge in [-0.05, 0) is 55.2 Å². The number of aromatic nitrogens is 2. The smallest absolute Gasteiger partial charge is 0.243 e. The van der Waals surface area contributed by atoms with Crippen molar-refractivity contribution in [3.8, 4) is 0 Å². The number of nitrogens with one attached hydrogen (secondary N) is 1. The van der Waals surface area contributed by atoms with E-state index in [-0.39, 0.29) is 11.9 Å². The molecule has 6 heteroatoms. The zero-order valence-corrected chi connectivity index (χ0v) is 18.9. The lowest BCUT2D eigenvalue weighted by Crippen LogP contribution is -2.35. The Morgan fingerprint density at radius 2 is 1.97 bits per heavy atom. The molecule has 1 N–H and O–H groups in total. The fraction of sp³-hybridized carbons (Fsp3) is 0.417. The number of nitrogens with zero attached hydrogens (tertiary/aromatic N) is 2. The van der Waals surface area contributed by atoms with Crippen LogP contribution in [0.2, 0.25) is 5.02 Å². The minimum atomic E-state index is -0.337. The normalized spacial score (nSPS) is 12.3. The number of fused-ring (bicyclic) bond motifs is 1. The van der Waals surface area contributed by atoms with E-state index in [4.69, 9.17) is 21.3 Å². The Morgan fingerprint density at radius 1 is 1.23 bits per heavy atom. The summed E-state index contributed by atoms with van der Waals surface area (Å²) >= 11 is 6.43. The standard InChI is InChI=1S/C24H30ClN3O2/c1-5-8-21(24(29)26-11-12-30-4)28-22-14-17(3)16(2)13-20(22)27-23(28)15-18-9-6-7-10-19(18)25/h6-7,9-10,13-14,21H,5,8,11-12,15H2,1-4H3,(H,26,29). The third-order valence-electron chi connectivity index (χ3n) is 5.47. The van der Waals surface area contributed by atoms with Crippen LogP contribution in [0.1, 0.15) is 48.3 Å². The van der Waals surface area contributed by atoms with Crippen molar-refractivity contribution in [3.63, 3.8) is 0 Å². The van der Waals surface area contributed by atoms with Crippen LogP contribution >= 0.6 is 11.6 Å². The average Bonchev–Trinajstić information content (AvgIpc) is 3.04. The number of carbonyl (C=O) groups is 1. The Morgan fingerprint density at radius 3 is 2.67 bits per heavy atom. The fourth-order valence-corrected chi connectivity index (χ4v) is 3.93. The van der Waals surface area contributed by atoms with Crippen LogP contribution in [-0.2, 0) is 16.0 Å². The highest BCUT2D eigenvalue weighted by Gasteiger charge is 2.25. The SMILES string of the molecule is CCCC(C(=O)NCCOC)n1c(Cc2ccccc2Cl)nc2cc(C)c(C)cc21. The molecule has 5 nitrogen and oxygen atoms in total. The van der Waals surface area contributed by atoms with Gasteiger partial charge in [-0.25, -0.2) is 4.98 Å². The van der Waals surface area contributed by atoms with Crippen molar-refractivity contribution < 1.29 is 9.53 Å². The molecule has 3 rings (SSSR count). The Hall–Kier alpha value is -2.37. The number of imidazole rings is 1. The zero-order chi connectivity index (χ0) is 21.7. The molecule has 1 amide bonds. The number of benzene rings is 2. The predicted molar refractivity (Wildman–Crippen MR) is 122 cm³/mol. The van der Waals surface area contributed by atoms with Crippen molar-refractivity contribution in [1.82, 2.24) is 14.9 Å².